The lowest BCUT2D eigenvalue weighted by Gasteiger charge is -2.41. The molecule has 0 amide bonds. The third-order valence-corrected chi connectivity index (χ3v) is 11.4. The fraction of sp³-hybridized carbons (Fsp3) is 0.500. The second kappa shape index (κ2) is 11.4. The fourth-order valence-electron chi connectivity index (χ4n) is 4.82. The molecule has 0 saturated carbocycles. The molecule has 0 spiro atoms. The lowest BCUT2D eigenvalue weighted by molar-refractivity contribution is 0.261. The summed E-state index contributed by atoms with van der Waals surface area (Å²) in [4.78, 5) is 18.4. The summed E-state index contributed by atoms with van der Waals surface area (Å²) >= 11 is 2.89. The van der Waals surface area contributed by atoms with Gasteiger partial charge in [-0.3, -0.25) is 8.61 Å². The largest absolute Gasteiger partial charge is 0.473 e. The number of nitrogens with one attached hydrogen (secondary N) is 2. The number of methoxy groups -OCH3 is 2. The molecule has 4 aromatic heterocycles. The zero-order chi connectivity index (χ0) is 28.0. The molecular weight excluding hydrogens is 593 g/mol. The van der Waals surface area contributed by atoms with Gasteiger partial charge in [0.1, 0.15) is 20.8 Å². The third kappa shape index (κ3) is 4.54. The Bertz CT molecular complexity index is 1430. The summed E-state index contributed by atoms with van der Waals surface area (Å²) in [6.45, 7) is 4.22. The van der Waals surface area contributed by atoms with Gasteiger partial charge in [0.05, 0.1) is 50.9 Å². The molecule has 2 aliphatic heterocycles. The van der Waals surface area contributed by atoms with Crippen molar-refractivity contribution in [1.82, 2.24) is 19.9 Å². The number of anilines is 6. The zero-order valence-corrected chi connectivity index (χ0v) is 25.7. The SMILES string of the molecule is CCCC(CO)N(SSN(c1c2nc3nc(OC)sc3c1[nH]2)[C@@H](CO)CCC)c1c2nc3nc(OC)sc3c1[nH]2. The first-order valence-corrected chi connectivity index (χ1v) is 16.7. The average Bonchev–Trinajstić information content (AvgIpc) is 3.59. The molecular formula is C24H30N8O4S4. The number of thiazole rings is 2. The number of aliphatic hydroxyl groups excluding tert-OH is 2. The Hall–Kier alpha value is -2.50. The maximum absolute atomic E-state index is 10.4. The maximum atomic E-state index is 10.4. The van der Waals surface area contributed by atoms with Crippen LogP contribution in [0.25, 0.3) is 20.7 Å². The standard InChI is InChI=1S/C24H30N8O4S4/c1-5-7-11(9-33)31(15-13-17-21(27-19(15)25-13)29-23(35-3)37-17)39-40-32(12(10-34)8-6-2)16-14-18-22(28-20(16)26-14)30-24(36-4)38-18/h11-12,33-34H,5-10H2,1-4H3,(H,25,27)(H,26,28)/t11-,12?/m1/s1. The molecule has 0 radical (unpaired) electrons. The quantitative estimate of drug-likeness (QED) is 0.0825. The van der Waals surface area contributed by atoms with Crippen LogP contribution in [0.1, 0.15) is 39.5 Å². The Kier molecular flexibility index (Phi) is 7.89. The van der Waals surface area contributed by atoms with Gasteiger partial charge in [0.25, 0.3) is 10.4 Å². The first-order valence-electron chi connectivity index (χ1n) is 13.0. The minimum Gasteiger partial charge on any atom is -0.473 e. The van der Waals surface area contributed by atoms with Crippen LogP contribution in [0.5, 0.6) is 10.4 Å². The molecule has 214 valence electrons. The van der Waals surface area contributed by atoms with Crippen LogP contribution in [0.2, 0.25) is 0 Å². The molecule has 4 bridgehead atoms. The maximum Gasteiger partial charge on any atom is 0.275 e. The summed E-state index contributed by atoms with van der Waals surface area (Å²) in [5.41, 5.74) is 5.07. The highest BCUT2D eigenvalue weighted by Gasteiger charge is 2.38. The van der Waals surface area contributed by atoms with Crippen molar-refractivity contribution in [3.8, 4) is 10.4 Å². The van der Waals surface area contributed by atoms with Crippen LogP contribution in [-0.4, -0.2) is 69.7 Å². The smallest absolute Gasteiger partial charge is 0.275 e. The highest BCUT2D eigenvalue weighted by Crippen LogP contribution is 2.58. The molecule has 0 fully saturated rings. The van der Waals surface area contributed by atoms with Gasteiger partial charge in [-0.1, -0.05) is 49.4 Å². The number of aromatic nitrogens is 4. The molecule has 0 saturated heterocycles. The predicted molar refractivity (Wildman–Crippen MR) is 166 cm³/mol. The van der Waals surface area contributed by atoms with Crippen molar-refractivity contribution in [2.75, 3.05) is 46.7 Å². The molecule has 0 aromatic carbocycles. The van der Waals surface area contributed by atoms with E-state index < -0.39 is 0 Å². The summed E-state index contributed by atoms with van der Waals surface area (Å²) in [6, 6.07) is -0.272. The Morgan fingerprint density at radius 3 is 1.52 bits per heavy atom. The van der Waals surface area contributed by atoms with Crippen molar-refractivity contribution in [3.05, 3.63) is 0 Å². The lowest BCUT2D eigenvalue weighted by Crippen LogP contribution is -2.38. The monoisotopic (exact) mass is 622 g/mol. The van der Waals surface area contributed by atoms with E-state index in [1.165, 1.54) is 44.6 Å². The number of hydrogen-bond donors (Lipinski definition) is 4. The van der Waals surface area contributed by atoms with Gasteiger partial charge in [-0.15, -0.1) is 0 Å². The predicted octanol–water partition coefficient (Wildman–Crippen LogP) is 5.67. The summed E-state index contributed by atoms with van der Waals surface area (Å²) in [6.07, 6.45) is 3.44. The summed E-state index contributed by atoms with van der Waals surface area (Å²) in [5, 5.41) is 28.7. The number of rotatable bonds is 15. The van der Waals surface area contributed by atoms with Crippen LogP contribution in [-0.2, 0) is 0 Å². The van der Waals surface area contributed by atoms with E-state index in [2.05, 4.69) is 43.1 Å². The number of ether oxygens (including phenoxy) is 2. The number of pyridine rings is 2. The molecule has 4 aromatic rings. The normalized spacial score (nSPS) is 14.2. The number of fused-ring (bicyclic) bond motifs is 8. The molecule has 6 rings (SSSR count). The van der Waals surface area contributed by atoms with Crippen molar-refractivity contribution in [2.45, 2.75) is 51.6 Å². The Balaban J connectivity index is 1.37. The van der Waals surface area contributed by atoms with E-state index in [9.17, 15) is 10.2 Å². The van der Waals surface area contributed by atoms with E-state index in [4.69, 9.17) is 19.4 Å². The van der Waals surface area contributed by atoms with Crippen molar-refractivity contribution < 1.29 is 19.7 Å². The second-order valence-electron chi connectivity index (χ2n) is 9.34. The summed E-state index contributed by atoms with van der Waals surface area (Å²) in [7, 11) is 6.27. The molecule has 2 atom stereocenters. The lowest BCUT2D eigenvalue weighted by atomic mass is 10.1. The van der Waals surface area contributed by atoms with Gasteiger partial charge in [-0.2, -0.15) is 9.97 Å². The third-order valence-electron chi connectivity index (χ3n) is 6.79. The fourth-order valence-corrected chi connectivity index (χ4v) is 9.31. The Morgan fingerprint density at radius 2 is 1.18 bits per heavy atom. The van der Waals surface area contributed by atoms with Crippen LogP contribution < -0.4 is 28.7 Å². The molecule has 1 unspecified atom stereocenters. The molecule has 2 aliphatic rings. The van der Waals surface area contributed by atoms with Crippen LogP contribution in [0.15, 0.2) is 0 Å². The minimum absolute atomic E-state index is 0.00501. The van der Waals surface area contributed by atoms with Crippen molar-refractivity contribution in [2.24, 2.45) is 0 Å². The van der Waals surface area contributed by atoms with Crippen LogP contribution >= 0.6 is 44.6 Å². The van der Waals surface area contributed by atoms with Crippen molar-refractivity contribution >= 4 is 99.7 Å². The van der Waals surface area contributed by atoms with E-state index in [0.717, 1.165) is 69.5 Å². The average molecular weight is 623 g/mol. The van der Waals surface area contributed by atoms with Gasteiger partial charge in [0.2, 0.25) is 0 Å². The highest BCUT2D eigenvalue weighted by atomic mass is 33.1. The van der Waals surface area contributed by atoms with Gasteiger partial charge in [-0.25, -0.2) is 9.97 Å². The van der Waals surface area contributed by atoms with E-state index in [-0.39, 0.29) is 25.3 Å². The topological polar surface area (TPSA) is 141 Å². The van der Waals surface area contributed by atoms with Crippen molar-refractivity contribution in [3.63, 3.8) is 0 Å². The van der Waals surface area contributed by atoms with Crippen LogP contribution in [0.3, 0.4) is 0 Å². The van der Waals surface area contributed by atoms with Crippen molar-refractivity contribution in [1.29, 1.82) is 0 Å². The first kappa shape index (κ1) is 27.7. The highest BCUT2D eigenvalue weighted by molar-refractivity contribution is 8.77. The van der Waals surface area contributed by atoms with Gasteiger partial charge in [-0.05, 0) is 12.8 Å². The molecule has 12 nitrogen and oxygen atoms in total. The molecule has 16 heteroatoms. The molecule has 6 heterocycles. The van der Waals surface area contributed by atoms with E-state index in [0.29, 0.717) is 21.7 Å². The van der Waals surface area contributed by atoms with E-state index in [1.54, 1.807) is 14.2 Å². The van der Waals surface area contributed by atoms with Gasteiger partial charge >= 0.3 is 0 Å². The van der Waals surface area contributed by atoms with Gasteiger partial charge in [0.15, 0.2) is 22.9 Å². The summed E-state index contributed by atoms with van der Waals surface area (Å²) < 4.78 is 16.9. The molecule has 4 N–H and O–H groups in total. The second-order valence-corrected chi connectivity index (χ2v) is 13.2. The van der Waals surface area contributed by atoms with E-state index >= 15 is 0 Å². The molecule has 40 heavy (non-hydrogen) atoms. The minimum atomic E-state index is -0.136. The zero-order valence-electron chi connectivity index (χ0n) is 22.4. The number of aliphatic hydroxyl groups is 2. The number of hydrogen-bond acceptors (Lipinski definition) is 16. The van der Waals surface area contributed by atoms with Gasteiger partial charge in [0, 0.05) is 22.0 Å². The van der Waals surface area contributed by atoms with E-state index in [1.807, 2.05) is 0 Å². The Morgan fingerprint density at radius 1 is 0.750 bits per heavy atom. The summed E-state index contributed by atoms with van der Waals surface area (Å²) in [5.74, 6) is 1.46. The number of nitrogens with zero attached hydrogens (tertiary/aromatic N) is 6. The first-order chi connectivity index (χ1) is 19.5. The van der Waals surface area contributed by atoms with Gasteiger partial charge < -0.3 is 30.3 Å². The van der Waals surface area contributed by atoms with Crippen LogP contribution in [0, 0.1) is 0 Å². The Labute approximate surface area is 247 Å². The van der Waals surface area contributed by atoms with Crippen LogP contribution in [0.4, 0.5) is 34.4 Å². The molecule has 0 aliphatic carbocycles.